The molecule has 3 aliphatic carbocycles. The lowest BCUT2D eigenvalue weighted by atomic mass is 9.81. The summed E-state index contributed by atoms with van der Waals surface area (Å²) < 4.78 is 17.0. The van der Waals surface area contributed by atoms with Crippen molar-refractivity contribution in [3.63, 3.8) is 0 Å². The van der Waals surface area contributed by atoms with Crippen molar-refractivity contribution in [2.24, 2.45) is 11.8 Å². The van der Waals surface area contributed by atoms with E-state index in [-0.39, 0.29) is 50.0 Å². The monoisotopic (exact) mass is 842 g/mol. The number of amides is 2. The Morgan fingerprint density at radius 3 is 1.80 bits per heavy atom. The minimum absolute atomic E-state index is 0. The van der Waals surface area contributed by atoms with E-state index in [0.29, 0.717) is 35.9 Å². The zero-order valence-electron chi connectivity index (χ0n) is 30.9. The van der Waals surface area contributed by atoms with Crippen molar-refractivity contribution in [3.8, 4) is 0 Å². The maximum absolute atomic E-state index is 13.2. The third-order valence-electron chi connectivity index (χ3n) is 11.7. The van der Waals surface area contributed by atoms with Gasteiger partial charge in [0.1, 0.15) is 13.8 Å². The highest BCUT2D eigenvalue weighted by molar-refractivity contribution is 14.0. The molecule has 0 spiro atoms. The number of nitrogens with one attached hydrogen (secondary N) is 1. The fourth-order valence-electron chi connectivity index (χ4n) is 8.97. The molecular formula is C45H52IN3O5. The average Bonchev–Trinajstić information content (AvgIpc) is 3.90. The van der Waals surface area contributed by atoms with Crippen LogP contribution in [0, 0.1) is 11.8 Å². The van der Waals surface area contributed by atoms with Gasteiger partial charge >= 0.3 is 12.2 Å². The Morgan fingerprint density at radius 1 is 0.648 bits per heavy atom. The van der Waals surface area contributed by atoms with Gasteiger partial charge in [0.15, 0.2) is 5.78 Å². The summed E-state index contributed by atoms with van der Waals surface area (Å²) in [5, 5.41) is 3.92. The van der Waals surface area contributed by atoms with Crippen molar-refractivity contribution in [1.82, 2.24) is 5.32 Å². The highest BCUT2D eigenvalue weighted by Gasteiger charge is 2.48. The minimum Gasteiger partial charge on any atom is -0.444 e. The largest absolute Gasteiger partial charge is 0.444 e. The molecule has 0 bridgehead atoms. The molecule has 3 saturated carbocycles. The summed E-state index contributed by atoms with van der Waals surface area (Å²) in [6.45, 7) is 0.559. The number of hydrogen-bond acceptors (Lipinski definition) is 6. The van der Waals surface area contributed by atoms with Gasteiger partial charge in [-0.2, -0.15) is 0 Å². The van der Waals surface area contributed by atoms with E-state index in [1.165, 1.54) is 61.4 Å². The van der Waals surface area contributed by atoms with E-state index in [9.17, 15) is 14.4 Å². The van der Waals surface area contributed by atoms with Crippen molar-refractivity contribution in [2.45, 2.75) is 103 Å². The van der Waals surface area contributed by atoms with Gasteiger partial charge in [-0.25, -0.2) is 9.59 Å². The third-order valence-corrected chi connectivity index (χ3v) is 11.7. The number of carbonyl (C=O) groups is 3. The molecule has 5 unspecified atom stereocenters. The molecule has 8 nitrogen and oxygen atoms in total. The quantitative estimate of drug-likeness (QED) is 0.195. The van der Waals surface area contributed by atoms with Crippen LogP contribution in [0.15, 0.2) is 109 Å². The van der Waals surface area contributed by atoms with Crippen LogP contribution < -0.4 is 15.1 Å². The Balaban J connectivity index is 0.000000178. The fourth-order valence-corrected chi connectivity index (χ4v) is 8.97. The van der Waals surface area contributed by atoms with Crippen LogP contribution in [-0.4, -0.2) is 36.7 Å². The summed E-state index contributed by atoms with van der Waals surface area (Å²) in [4.78, 5) is 42.3. The van der Waals surface area contributed by atoms with Gasteiger partial charge in [-0.3, -0.25) is 14.6 Å². The van der Waals surface area contributed by atoms with Crippen molar-refractivity contribution in [2.75, 3.05) is 9.80 Å². The molecule has 5 aliphatic rings. The molecule has 3 fully saturated rings. The molecule has 4 aromatic rings. The molecule has 9 rings (SSSR count). The molecular weight excluding hydrogens is 789 g/mol. The highest BCUT2D eigenvalue weighted by Crippen LogP contribution is 2.49. The van der Waals surface area contributed by atoms with Gasteiger partial charge in [-0.1, -0.05) is 118 Å². The van der Waals surface area contributed by atoms with E-state index >= 15 is 0 Å². The van der Waals surface area contributed by atoms with Gasteiger partial charge in [-0.15, -0.1) is 23.8 Å². The lowest BCUT2D eigenvalue weighted by molar-refractivity contribution is 0.0895. The predicted octanol–water partition coefficient (Wildman–Crippen LogP) is 10.6. The van der Waals surface area contributed by atoms with Crippen LogP contribution in [0.2, 0.25) is 0 Å². The fraction of sp³-hybridized carbons (Fsp3) is 0.400. The molecule has 4 aromatic carbocycles. The Labute approximate surface area is 337 Å². The number of Topliss-reactive ketones (excluding diaryl/α,β-unsaturated/α-hetero) is 1. The zero-order chi connectivity index (χ0) is 37.4. The van der Waals surface area contributed by atoms with Gasteiger partial charge in [0, 0.05) is 29.6 Å². The Kier molecular flexibility index (Phi) is 12.6. The van der Waals surface area contributed by atoms with E-state index in [4.69, 9.17) is 10.1 Å². The van der Waals surface area contributed by atoms with E-state index < -0.39 is 0 Å². The van der Waals surface area contributed by atoms with E-state index in [0.717, 1.165) is 42.5 Å². The maximum Gasteiger partial charge on any atom is 0.414 e. The van der Waals surface area contributed by atoms with Gasteiger partial charge in [-0.05, 0) is 79.3 Å². The number of ether oxygens (including phenoxy) is 2. The summed E-state index contributed by atoms with van der Waals surface area (Å²) in [5.74, 6) is 0.546. The summed E-state index contributed by atoms with van der Waals surface area (Å²) in [6.07, 6.45) is 9.38. The second kappa shape index (κ2) is 17.9. The minimum atomic E-state index is -0.365. The number of benzene rings is 4. The summed E-state index contributed by atoms with van der Waals surface area (Å²) in [7, 11) is 0. The molecule has 9 heteroatoms. The number of rotatable bonds is 6. The molecule has 284 valence electrons. The molecule has 54 heavy (non-hydrogen) atoms. The van der Waals surface area contributed by atoms with E-state index in [2.05, 4.69) is 23.5 Å². The van der Waals surface area contributed by atoms with Crippen molar-refractivity contribution in [1.29, 1.82) is 0.594 Å². The third kappa shape index (κ3) is 8.08. The van der Waals surface area contributed by atoms with Gasteiger partial charge in [0.25, 0.3) is 0 Å². The standard InChI is InChI=1S/C24H28N2O2.C20H19NO3.CH4.HI/c27-24(28-16-17-8-2-1-3-9-17)26-21-14-5-4-12-19(21)23(25-18-10-6-11-18)20-13-7-15-22(20)26;22-19-15-9-4-5-11-17(15)21(18-12-6-10-16(18)19)20(23)24-13-14-7-2-1-3-8-14;;/h1-5,8-9,12,14,18,20,22-23,25H,6-7,10-11,13,15-16H2;1-5,7-9,11,16,18H,6,10,12-13H2;1H4;1H/i/hD. The van der Waals surface area contributed by atoms with Crippen LogP contribution in [0.4, 0.5) is 21.0 Å². The first-order chi connectivity index (χ1) is 26.6. The number of nitrogens with zero attached hydrogens (tertiary/aromatic N) is 2. The molecule has 0 saturated heterocycles. The van der Waals surface area contributed by atoms with Crippen molar-refractivity contribution >= 4 is 53.1 Å². The predicted molar refractivity (Wildman–Crippen MR) is 223 cm³/mol. The second-order valence-electron chi connectivity index (χ2n) is 14.8. The van der Waals surface area contributed by atoms with Gasteiger partial charge in [0.2, 0.25) is 0 Å². The van der Waals surface area contributed by atoms with Gasteiger partial charge in [0.05, 0.1) is 17.4 Å². The van der Waals surface area contributed by atoms with Crippen molar-refractivity contribution < 1.29 is 23.9 Å². The van der Waals surface area contributed by atoms with E-state index in [1.54, 1.807) is 4.90 Å². The van der Waals surface area contributed by atoms with Crippen LogP contribution in [0.3, 0.4) is 0 Å². The lowest BCUT2D eigenvalue weighted by Crippen LogP contribution is -2.52. The zero-order valence-corrected chi connectivity index (χ0v) is 32.1. The van der Waals surface area contributed by atoms with Gasteiger partial charge < -0.3 is 14.8 Å². The van der Waals surface area contributed by atoms with Crippen LogP contribution >= 0.6 is 23.8 Å². The number of ketones is 1. The molecule has 0 aromatic heterocycles. The Hall–Kier alpha value is -4.22. The van der Waals surface area contributed by atoms with Crippen LogP contribution in [-0.2, 0) is 22.7 Å². The molecule has 2 amide bonds. The van der Waals surface area contributed by atoms with Crippen molar-refractivity contribution in [3.05, 3.63) is 131 Å². The number of fused-ring (bicyclic) bond motifs is 4. The normalized spacial score (nSPS) is 23.5. The van der Waals surface area contributed by atoms with E-state index in [1.807, 2.05) is 95.9 Å². The number of para-hydroxylation sites is 2. The lowest BCUT2D eigenvalue weighted by Gasteiger charge is -2.45. The first-order valence-corrected chi connectivity index (χ1v) is 19.0. The summed E-state index contributed by atoms with van der Waals surface area (Å²) in [5.41, 5.74) is 5.58. The Bertz CT molecular complexity index is 1890. The topological polar surface area (TPSA) is 88.2 Å². The first-order valence-electron chi connectivity index (χ1n) is 19.4. The average molecular weight is 843 g/mol. The highest BCUT2D eigenvalue weighted by atomic mass is 127. The Morgan fingerprint density at radius 2 is 1.17 bits per heavy atom. The number of hydrogen-bond donors (Lipinski definition) is 1. The molecule has 1 N–H and O–H groups in total. The van der Waals surface area contributed by atoms with Crippen LogP contribution in [0.1, 0.15) is 98.3 Å². The SMILES string of the molecule is C.O=C(OCc1ccccc1)N1c2ccccc2C(NC2CCC2)C2CCCC21.O=C1c2ccccc2N(C(=O)OCc2ccccc2)C2CCCC12.[2H]I. The summed E-state index contributed by atoms with van der Waals surface area (Å²) in [6, 6.07) is 36.5. The number of anilines is 2. The summed E-state index contributed by atoms with van der Waals surface area (Å²) >= 11 is 1.40. The number of halogens is 1. The van der Waals surface area contributed by atoms with Crippen LogP contribution in [0.25, 0.3) is 0 Å². The molecule has 0 radical (unpaired) electrons. The molecule has 5 atom stereocenters. The second-order valence-corrected chi connectivity index (χ2v) is 14.8. The molecule has 2 heterocycles. The van der Waals surface area contributed by atoms with Crippen LogP contribution in [0.5, 0.6) is 0 Å². The number of carbonyl (C=O) groups excluding carboxylic acids is 3. The smallest absolute Gasteiger partial charge is 0.414 e. The molecule has 2 aliphatic heterocycles. The first kappa shape index (κ1) is 38.1. The maximum atomic E-state index is 13.2.